The van der Waals surface area contributed by atoms with E-state index < -0.39 is 17.3 Å². The number of nitrogens with one attached hydrogen (secondary N) is 1. The Bertz CT molecular complexity index is 895. The van der Waals surface area contributed by atoms with Crippen molar-refractivity contribution >= 4 is 23.4 Å². The highest BCUT2D eigenvalue weighted by Gasteiger charge is 2.36. The summed E-state index contributed by atoms with van der Waals surface area (Å²) in [7, 11) is 0. The molecule has 0 bridgehead atoms. The first-order chi connectivity index (χ1) is 13.8. The molecule has 0 saturated carbocycles. The zero-order valence-corrected chi connectivity index (χ0v) is 17.2. The summed E-state index contributed by atoms with van der Waals surface area (Å²) in [6, 6.07) is 12.7. The third-order valence-corrected chi connectivity index (χ3v) is 5.16. The molecule has 0 atom stereocenters. The molecule has 1 heterocycles. The molecule has 0 unspecified atom stereocenters. The van der Waals surface area contributed by atoms with Crippen LogP contribution < -0.4 is 10.1 Å². The van der Waals surface area contributed by atoms with E-state index in [0.29, 0.717) is 36.7 Å². The smallest absolute Gasteiger partial charge is 0.266 e. The normalized spacial score (nSPS) is 15.1. The van der Waals surface area contributed by atoms with E-state index in [9.17, 15) is 14.0 Å². The number of ether oxygens (including phenoxy) is 1. The summed E-state index contributed by atoms with van der Waals surface area (Å²) in [5.41, 5.74) is -1.02. The number of hydrogen-bond acceptors (Lipinski definition) is 3. The van der Waals surface area contributed by atoms with E-state index in [1.54, 1.807) is 55.1 Å². The Hall–Kier alpha value is -2.60. The van der Waals surface area contributed by atoms with Gasteiger partial charge in [-0.3, -0.25) is 9.59 Å². The zero-order chi connectivity index (χ0) is 21.0. The first-order valence-electron chi connectivity index (χ1n) is 9.55. The molecule has 5 nitrogen and oxygen atoms in total. The molecule has 1 N–H and O–H groups in total. The van der Waals surface area contributed by atoms with Crippen molar-refractivity contribution in [1.82, 2.24) is 10.2 Å². The molecule has 2 aromatic rings. The number of carbonyl (C=O) groups excluding carboxylic acids is 2. The molecule has 1 aliphatic heterocycles. The molecule has 7 heteroatoms. The van der Waals surface area contributed by atoms with E-state index >= 15 is 0 Å². The summed E-state index contributed by atoms with van der Waals surface area (Å²) in [6.07, 6.45) is 1.19. The van der Waals surface area contributed by atoms with Crippen LogP contribution in [0.15, 0.2) is 48.5 Å². The van der Waals surface area contributed by atoms with E-state index in [1.165, 1.54) is 12.1 Å². The van der Waals surface area contributed by atoms with Gasteiger partial charge < -0.3 is 15.0 Å². The summed E-state index contributed by atoms with van der Waals surface area (Å²) < 4.78 is 19.6. The Kier molecular flexibility index (Phi) is 6.42. The van der Waals surface area contributed by atoms with Crippen molar-refractivity contribution in [2.45, 2.75) is 38.3 Å². The van der Waals surface area contributed by atoms with Gasteiger partial charge in [0.15, 0.2) is 5.60 Å². The fraction of sp³-hybridized carbons (Fsp3) is 0.364. The largest absolute Gasteiger partial charge is 0.478 e. The molecule has 1 fully saturated rings. The third-order valence-electron chi connectivity index (χ3n) is 4.92. The van der Waals surface area contributed by atoms with Crippen LogP contribution in [0.4, 0.5) is 4.39 Å². The van der Waals surface area contributed by atoms with E-state index in [-0.39, 0.29) is 17.5 Å². The Morgan fingerprint density at radius 3 is 2.48 bits per heavy atom. The molecule has 1 aliphatic rings. The fourth-order valence-electron chi connectivity index (χ4n) is 3.38. The molecule has 3 rings (SSSR count). The van der Waals surface area contributed by atoms with Crippen LogP contribution in [-0.4, -0.2) is 41.4 Å². The SMILES string of the molecule is CC(C)(Oc1cccc(Cl)c1)C(=O)N1CCC(NC(=O)c2ccccc2F)CC1. The Morgan fingerprint density at radius 1 is 1.14 bits per heavy atom. The predicted molar refractivity (Wildman–Crippen MR) is 110 cm³/mol. The van der Waals surface area contributed by atoms with E-state index in [0.717, 1.165) is 0 Å². The predicted octanol–water partition coefficient (Wildman–Crippen LogP) is 4.06. The lowest BCUT2D eigenvalue weighted by atomic mass is 10.0. The van der Waals surface area contributed by atoms with Crippen molar-refractivity contribution in [2.24, 2.45) is 0 Å². The van der Waals surface area contributed by atoms with Crippen LogP contribution in [0, 0.1) is 5.82 Å². The van der Waals surface area contributed by atoms with E-state index in [4.69, 9.17) is 16.3 Å². The van der Waals surface area contributed by atoms with Gasteiger partial charge in [0, 0.05) is 24.2 Å². The highest BCUT2D eigenvalue weighted by Crippen LogP contribution is 2.24. The van der Waals surface area contributed by atoms with Crippen LogP contribution in [0.3, 0.4) is 0 Å². The van der Waals surface area contributed by atoms with Crippen molar-refractivity contribution < 1.29 is 18.7 Å². The van der Waals surface area contributed by atoms with Gasteiger partial charge >= 0.3 is 0 Å². The number of rotatable bonds is 5. The Labute approximate surface area is 174 Å². The molecule has 154 valence electrons. The van der Waals surface area contributed by atoms with Crippen molar-refractivity contribution in [2.75, 3.05) is 13.1 Å². The molecule has 0 spiro atoms. The molecule has 29 heavy (non-hydrogen) atoms. The lowest BCUT2D eigenvalue weighted by Crippen LogP contribution is -2.53. The zero-order valence-electron chi connectivity index (χ0n) is 16.5. The number of nitrogens with zero attached hydrogens (tertiary/aromatic N) is 1. The van der Waals surface area contributed by atoms with Crippen molar-refractivity contribution in [3.8, 4) is 5.75 Å². The van der Waals surface area contributed by atoms with Crippen molar-refractivity contribution in [3.63, 3.8) is 0 Å². The molecule has 2 aromatic carbocycles. The van der Waals surface area contributed by atoms with Crippen molar-refractivity contribution in [3.05, 3.63) is 64.9 Å². The number of halogens is 2. The summed E-state index contributed by atoms with van der Waals surface area (Å²) in [6.45, 7) is 4.43. The van der Waals surface area contributed by atoms with Crippen LogP contribution in [0.5, 0.6) is 5.75 Å². The molecule has 0 radical (unpaired) electrons. The molecule has 0 aliphatic carbocycles. The van der Waals surface area contributed by atoms with Gasteiger partial charge in [0.25, 0.3) is 11.8 Å². The minimum absolute atomic E-state index is 0.0297. The number of amides is 2. The van der Waals surface area contributed by atoms with Gasteiger partial charge in [-0.15, -0.1) is 0 Å². The topological polar surface area (TPSA) is 58.6 Å². The van der Waals surface area contributed by atoms with E-state index in [2.05, 4.69) is 5.32 Å². The van der Waals surface area contributed by atoms with Gasteiger partial charge in [-0.2, -0.15) is 0 Å². The second kappa shape index (κ2) is 8.82. The summed E-state index contributed by atoms with van der Waals surface area (Å²) >= 11 is 5.98. The van der Waals surface area contributed by atoms with Crippen LogP contribution in [0.2, 0.25) is 5.02 Å². The van der Waals surface area contributed by atoms with Crippen LogP contribution in [0.1, 0.15) is 37.0 Å². The monoisotopic (exact) mass is 418 g/mol. The second-order valence-electron chi connectivity index (χ2n) is 7.59. The second-order valence-corrected chi connectivity index (χ2v) is 8.03. The number of carbonyl (C=O) groups is 2. The average molecular weight is 419 g/mol. The van der Waals surface area contributed by atoms with Gasteiger partial charge in [0.2, 0.25) is 0 Å². The van der Waals surface area contributed by atoms with Crippen LogP contribution in [-0.2, 0) is 4.79 Å². The molecular formula is C22H24ClFN2O3. The standard InChI is InChI=1S/C22H24ClFN2O3/c1-22(2,29-17-7-5-6-15(23)14-17)21(28)26-12-10-16(11-13-26)25-20(27)18-8-3-4-9-19(18)24/h3-9,14,16H,10-13H2,1-2H3,(H,25,27). The summed E-state index contributed by atoms with van der Waals surface area (Å²) in [4.78, 5) is 26.9. The number of piperidine rings is 1. The molecular weight excluding hydrogens is 395 g/mol. The minimum atomic E-state index is -1.05. The summed E-state index contributed by atoms with van der Waals surface area (Å²) in [5.74, 6) is -0.575. The molecule has 0 aromatic heterocycles. The quantitative estimate of drug-likeness (QED) is 0.796. The van der Waals surface area contributed by atoms with Crippen LogP contribution >= 0.6 is 11.6 Å². The number of likely N-dealkylation sites (tertiary alicyclic amines) is 1. The van der Waals surface area contributed by atoms with E-state index in [1.807, 2.05) is 0 Å². The number of benzene rings is 2. The fourth-order valence-corrected chi connectivity index (χ4v) is 3.57. The molecule has 2 amide bonds. The van der Waals surface area contributed by atoms with Crippen molar-refractivity contribution in [1.29, 1.82) is 0 Å². The van der Waals surface area contributed by atoms with Gasteiger partial charge in [-0.25, -0.2) is 4.39 Å². The maximum absolute atomic E-state index is 13.8. The van der Waals surface area contributed by atoms with Crippen LogP contribution in [0.25, 0.3) is 0 Å². The minimum Gasteiger partial charge on any atom is -0.478 e. The van der Waals surface area contributed by atoms with Gasteiger partial charge in [-0.05, 0) is 57.0 Å². The Balaban J connectivity index is 1.55. The lowest BCUT2D eigenvalue weighted by molar-refractivity contribution is -0.146. The first kappa shape index (κ1) is 21.1. The maximum atomic E-state index is 13.8. The number of hydrogen-bond donors (Lipinski definition) is 1. The highest BCUT2D eigenvalue weighted by molar-refractivity contribution is 6.30. The third kappa shape index (κ3) is 5.26. The van der Waals surface area contributed by atoms with Gasteiger partial charge in [-0.1, -0.05) is 29.8 Å². The highest BCUT2D eigenvalue weighted by atomic mass is 35.5. The average Bonchev–Trinajstić information content (AvgIpc) is 2.68. The Morgan fingerprint density at radius 2 is 1.83 bits per heavy atom. The molecule has 1 saturated heterocycles. The lowest BCUT2D eigenvalue weighted by Gasteiger charge is -2.37. The van der Waals surface area contributed by atoms with Gasteiger partial charge in [0.05, 0.1) is 5.56 Å². The first-order valence-corrected chi connectivity index (χ1v) is 9.93. The maximum Gasteiger partial charge on any atom is 0.266 e. The van der Waals surface area contributed by atoms with Gasteiger partial charge in [0.1, 0.15) is 11.6 Å². The summed E-state index contributed by atoms with van der Waals surface area (Å²) in [5, 5.41) is 3.40.